The van der Waals surface area contributed by atoms with E-state index < -0.39 is 5.91 Å². The predicted molar refractivity (Wildman–Crippen MR) is 105 cm³/mol. The fourth-order valence-corrected chi connectivity index (χ4v) is 3.32. The third-order valence-corrected chi connectivity index (χ3v) is 4.75. The molecule has 1 aliphatic heterocycles. The van der Waals surface area contributed by atoms with Crippen molar-refractivity contribution in [3.8, 4) is 0 Å². The summed E-state index contributed by atoms with van der Waals surface area (Å²) in [4.78, 5) is 40.3. The number of carbonyl (C=O) groups excluding carboxylic acids is 3. The molecule has 2 amide bonds. The zero-order valence-corrected chi connectivity index (χ0v) is 16.2. The van der Waals surface area contributed by atoms with Gasteiger partial charge in [0.05, 0.1) is 25.3 Å². The molecule has 0 radical (unpaired) electrons. The van der Waals surface area contributed by atoms with Crippen LogP contribution in [-0.4, -0.2) is 40.1 Å². The van der Waals surface area contributed by atoms with Crippen LogP contribution in [0.4, 0.5) is 5.13 Å². The molecule has 1 aromatic carbocycles. The van der Waals surface area contributed by atoms with E-state index in [-0.39, 0.29) is 36.9 Å². The van der Waals surface area contributed by atoms with Gasteiger partial charge < -0.3 is 4.74 Å². The molecule has 1 aliphatic rings. The molecule has 0 bridgehead atoms. The molecule has 0 saturated heterocycles. The minimum Gasteiger partial charge on any atom is -0.466 e. The van der Waals surface area contributed by atoms with Gasteiger partial charge in [-0.3, -0.25) is 19.7 Å². The molecule has 9 heteroatoms. The molecular formula is C19H20N4O4S. The summed E-state index contributed by atoms with van der Waals surface area (Å²) in [7, 11) is 0. The van der Waals surface area contributed by atoms with Crippen LogP contribution in [0, 0.1) is 0 Å². The zero-order chi connectivity index (χ0) is 19.9. The Balaban J connectivity index is 1.63. The van der Waals surface area contributed by atoms with E-state index >= 15 is 0 Å². The van der Waals surface area contributed by atoms with Gasteiger partial charge in [0, 0.05) is 18.2 Å². The molecule has 3 rings (SSSR count). The fourth-order valence-electron chi connectivity index (χ4n) is 2.62. The number of benzene rings is 1. The maximum atomic E-state index is 12.5. The maximum absolute atomic E-state index is 12.5. The lowest BCUT2D eigenvalue weighted by molar-refractivity contribution is -0.142. The van der Waals surface area contributed by atoms with Crippen molar-refractivity contribution in [2.45, 2.75) is 32.7 Å². The highest BCUT2D eigenvalue weighted by atomic mass is 32.1. The van der Waals surface area contributed by atoms with Crippen molar-refractivity contribution >= 4 is 40.0 Å². The summed E-state index contributed by atoms with van der Waals surface area (Å²) in [6, 6.07) is 9.47. The fraction of sp³-hybridized carbons (Fsp3) is 0.316. The van der Waals surface area contributed by atoms with Gasteiger partial charge in [0.25, 0.3) is 5.91 Å². The predicted octanol–water partition coefficient (Wildman–Crippen LogP) is 2.37. The van der Waals surface area contributed by atoms with E-state index in [1.54, 1.807) is 12.3 Å². The van der Waals surface area contributed by atoms with Crippen molar-refractivity contribution in [1.82, 2.24) is 9.99 Å². The topological polar surface area (TPSA) is 101 Å². The van der Waals surface area contributed by atoms with Crippen molar-refractivity contribution in [2.24, 2.45) is 5.10 Å². The molecule has 28 heavy (non-hydrogen) atoms. The number of rotatable bonds is 7. The van der Waals surface area contributed by atoms with Crippen molar-refractivity contribution in [1.29, 1.82) is 0 Å². The number of hydrogen-bond donors (Lipinski definition) is 1. The lowest BCUT2D eigenvalue weighted by Crippen LogP contribution is -2.36. The van der Waals surface area contributed by atoms with Crippen molar-refractivity contribution in [2.75, 3.05) is 11.9 Å². The van der Waals surface area contributed by atoms with Crippen LogP contribution in [0.3, 0.4) is 0 Å². The highest BCUT2D eigenvalue weighted by Gasteiger charge is 2.25. The van der Waals surface area contributed by atoms with Crippen LogP contribution in [0.2, 0.25) is 0 Å². The van der Waals surface area contributed by atoms with Gasteiger partial charge in [-0.15, -0.1) is 11.3 Å². The largest absolute Gasteiger partial charge is 0.466 e. The van der Waals surface area contributed by atoms with Crippen LogP contribution in [0.25, 0.3) is 0 Å². The molecule has 0 spiro atoms. The number of aromatic nitrogens is 1. The molecule has 0 atom stereocenters. The van der Waals surface area contributed by atoms with Gasteiger partial charge in [-0.05, 0) is 12.5 Å². The van der Waals surface area contributed by atoms with Crippen LogP contribution in [0.15, 0.2) is 40.8 Å². The van der Waals surface area contributed by atoms with Gasteiger partial charge in [0.1, 0.15) is 5.71 Å². The lowest BCUT2D eigenvalue weighted by atomic mass is 10.1. The quantitative estimate of drug-likeness (QED) is 0.719. The Bertz CT molecular complexity index is 894. The van der Waals surface area contributed by atoms with Gasteiger partial charge in [0.2, 0.25) is 5.91 Å². The van der Waals surface area contributed by atoms with Crippen LogP contribution in [-0.2, 0) is 32.1 Å². The first kappa shape index (κ1) is 19.7. The molecule has 2 aromatic rings. The summed E-state index contributed by atoms with van der Waals surface area (Å²) in [5, 5.41) is 10.3. The summed E-state index contributed by atoms with van der Waals surface area (Å²) in [6.45, 7) is 2.36. The molecule has 0 saturated carbocycles. The number of carbonyl (C=O) groups is 3. The molecule has 146 valence electrons. The number of anilines is 1. The van der Waals surface area contributed by atoms with E-state index in [0.717, 1.165) is 5.56 Å². The van der Waals surface area contributed by atoms with Crippen molar-refractivity contribution in [3.63, 3.8) is 0 Å². The first-order valence-corrected chi connectivity index (χ1v) is 9.76. The van der Waals surface area contributed by atoms with E-state index in [0.29, 0.717) is 24.0 Å². The number of amides is 2. The standard InChI is InChI=1S/C19H20N4O4S/c1-2-27-17(25)10-14-12-28-19(20-14)21-18(26)15-8-9-16(24)23(22-15)11-13-6-4-3-5-7-13/h3-7,12H,2,8-11H2,1H3,(H,20,21,26). The van der Waals surface area contributed by atoms with Crippen LogP contribution < -0.4 is 5.32 Å². The second-order valence-corrected chi connectivity index (χ2v) is 6.92. The summed E-state index contributed by atoms with van der Waals surface area (Å²) in [5.41, 5.74) is 1.74. The van der Waals surface area contributed by atoms with E-state index in [1.807, 2.05) is 30.3 Å². The van der Waals surface area contributed by atoms with Gasteiger partial charge in [0.15, 0.2) is 5.13 Å². The average Bonchev–Trinajstić information content (AvgIpc) is 3.11. The minimum atomic E-state index is -0.400. The van der Waals surface area contributed by atoms with Crippen molar-refractivity contribution < 1.29 is 19.1 Å². The number of thiazole rings is 1. The van der Waals surface area contributed by atoms with Gasteiger partial charge in [-0.25, -0.2) is 9.99 Å². The Morgan fingerprint density at radius 1 is 1.25 bits per heavy atom. The summed E-state index contributed by atoms with van der Waals surface area (Å²) in [6.07, 6.45) is 0.558. The highest BCUT2D eigenvalue weighted by Crippen LogP contribution is 2.18. The Kier molecular flexibility index (Phi) is 6.49. The highest BCUT2D eigenvalue weighted by molar-refractivity contribution is 7.14. The maximum Gasteiger partial charge on any atom is 0.311 e. The van der Waals surface area contributed by atoms with Crippen LogP contribution in [0.1, 0.15) is 31.0 Å². The van der Waals surface area contributed by atoms with Crippen LogP contribution >= 0.6 is 11.3 Å². The average molecular weight is 400 g/mol. The Labute approximate surface area is 166 Å². The molecule has 0 fully saturated rings. The second kappa shape index (κ2) is 9.23. The number of esters is 1. The zero-order valence-electron chi connectivity index (χ0n) is 15.4. The molecule has 0 unspecified atom stereocenters. The number of hydrogen-bond acceptors (Lipinski definition) is 7. The molecule has 1 aromatic heterocycles. The summed E-state index contributed by atoms with van der Waals surface area (Å²) < 4.78 is 4.88. The van der Waals surface area contributed by atoms with E-state index in [4.69, 9.17) is 4.74 Å². The third-order valence-electron chi connectivity index (χ3n) is 3.95. The van der Waals surface area contributed by atoms with Gasteiger partial charge in [-0.2, -0.15) is 5.10 Å². The number of hydrazone groups is 1. The third kappa shape index (κ3) is 5.23. The Hall–Kier alpha value is -3.07. The number of ether oxygens (including phenoxy) is 1. The van der Waals surface area contributed by atoms with Gasteiger partial charge in [-0.1, -0.05) is 30.3 Å². The normalized spacial score (nSPS) is 13.8. The molecule has 0 aliphatic carbocycles. The number of nitrogens with one attached hydrogen (secondary N) is 1. The number of nitrogens with zero attached hydrogens (tertiary/aromatic N) is 3. The van der Waals surface area contributed by atoms with E-state index in [2.05, 4.69) is 15.4 Å². The SMILES string of the molecule is CCOC(=O)Cc1csc(NC(=O)C2=NN(Cc3ccccc3)C(=O)CC2)n1. The Morgan fingerprint density at radius 3 is 2.79 bits per heavy atom. The first-order valence-electron chi connectivity index (χ1n) is 8.88. The Morgan fingerprint density at radius 2 is 2.04 bits per heavy atom. The molecular weight excluding hydrogens is 380 g/mol. The monoisotopic (exact) mass is 400 g/mol. The van der Waals surface area contributed by atoms with Crippen LogP contribution in [0.5, 0.6) is 0 Å². The summed E-state index contributed by atoms with van der Waals surface area (Å²) >= 11 is 1.22. The molecule has 2 heterocycles. The van der Waals surface area contributed by atoms with E-state index in [1.165, 1.54) is 16.3 Å². The summed E-state index contributed by atoms with van der Waals surface area (Å²) in [5.74, 6) is -0.883. The van der Waals surface area contributed by atoms with E-state index in [9.17, 15) is 14.4 Å². The molecule has 1 N–H and O–H groups in total. The van der Waals surface area contributed by atoms with Gasteiger partial charge >= 0.3 is 5.97 Å². The second-order valence-electron chi connectivity index (χ2n) is 6.06. The molecule has 8 nitrogen and oxygen atoms in total. The lowest BCUT2D eigenvalue weighted by Gasteiger charge is -2.23. The first-order chi connectivity index (χ1) is 13.5. The smallest absolute Gasteiger partial charge is 0.311 e. The minimum absolute atomic E-state index is 0.0561. The van der Waals surface area contributed by atoms with Crippen molar-refractivity contribution in [3.05, 3.63) is 47.0 Å².